The molecule has 30 heavy (non-hydrogen) atoms. The quantitative estimate of drug-likeness (QED) is 0.501. The minimum absolute atomic E-state index is 0.138. The van der Waals surface area contributed by atoms with Gasteiger partial charge < -0.3 is 15.4 Å². The van der Waals surface area contributed by atoms with E-state index in [0.29, 0.717) is 33.3 Å². The molecule has 0 unspecified atom stereocenters. The summed E-state index contributed by atoms with van der Waals surface area (Å²) in [5.41, 5.74) is 1.90. The SMILES string of the molecule is COc1cc(NC(=S)NC(=O)c2ccccc2)ccc1NC(=O)c1ccccc1Cl. The first-order chi connectivity index (χ1) is 14.5. The highest BCUT2D eigenvalue weighted by Gasteiger charge is 2.14. The molecule has 0 bridgehead atoms. The predicted octanol–water partition coefficient (Wildman–Crippen LogP) is 4.73. The van der Waals surface area contributed by atoms with E-state index in [4.69, 9.17) is 28.6 Å². The van der Waals surface area contributed by atoms with Crippen molar-refractivity contribution in [3.8, 4) is 5.75 Å². The molecule has 0 atom stereocenters. The topological polar surface area (TPSA) is 79.5 Å². The van der Waals surface area contributed by atoms with Crippen LogP contribution in [0.1, 0.15) is 20.7 Å². The standard InChI is InChI=1S/C22H18ClN3O3S/c1-29-19-13-15(24-22(30)26-20(27)14-7-3-2-4-8-14)11-12-18(19)25-21(28)16-9-5-6-10-17(16)23/h2-13H,1H3,(H,25,28)(H2,24,26,27,30). The number of nitrogens with one attached hydrogen (secondary N) is 3. The molecule has 152 valence electrons. The average Bonchev–Trinajstić information content (AvgIpc) is 2.75. The Balaban J connectivity index is 1.68. The Bertz CT molecular complexity index is 1090. The maximum absolute atomic E-state index is 12.5. The summed E-state index contributed by atoms with van der Waals surface area (Å²) in [6.45, 7) is 0. The van der Waals surface area contributed by atoms with E-state index in [-0.39, 0.29) is 16.9 Å². The maximum Gasteiger partial charge on any atom is 0.257 e. The minimum atomic E-state index is -0.356. The number of methoxy groups -OCH3 is 1. The lowest BCUT2D eigenvalue weighted by molar-refractivity contribution is 0.0976. The Hall–Kier alpha value is -3.42. The first-order valence-electron chi connectivity index (χ1n) is 8.89. The third-order valence-electron chi connectivity index (χ3n) is 4.09. The highest BCUT2D eigenvalue weighted by atomic mass is 35.5. The summed E-state index contributed by atoms with van der Waals surface area (Å²) in [6, 6.07) is 20.5. The molecule has 0 aliphatic rings. The number of benzene rings is 3. The van der Waals surface area contributed by atoms with Crippen LogP contribution in [0.3, 0.4) is 0 Å². The van der Waals surface area contributed by atoms with E-state index in [2.05, 4.69) is 16.0 Å². The molecular weight excluding hydrogens is 422 g/mol. The molecule has 0 saturated carbocycles. The van der Waals surface area contributed by atoms with Crippen LogP contribution in [-0.2, 0) is 0 Å². The number of carbonyl (C=O) groups excluding carboxylic acids is 2. The number of thiocarbonyl (C=S) groups is 1. The molecule has 0 aliphatic carbocycles. The molecule has 0 spiro atoms. The zero-order valence-corrected chi connectivity index (χ0v) is 17.5. The number of anilines is 2. The monoisotopic (exact) mass is 439 g/mol. The molecule has 0 aromatic heterocycles. The van der Waals surface area contributed by atoms with Crippen molar-refractivity contribution in [2.75, 3.05) is 17.7 Å². The molecule has 3 N–H and O–H groups in total. The minimum Gasteiger partial charge on any atom is -0.494 e. The Morgan fingerprint density at radius 3 is 2.30 bits per heavy atom. The Morgan fingerprint density at radius 1 is 0.900 bits per heavy atom. The molecule has 6 nitrogen and oxygen atoms in total. The van der Waals surface area contributed by atoms with E-state index in [9.17, 15) is 9.59 Å². The van der Waals surface area contributed by atoms with Gasteiger partial charge in [0.05, 0.1) is 23.4 Å². The molecule has 2 amide bonds. The number of halogens is 1. The summed E-state index contributed by atoms with van der Waals surface area (Å²) in [4.78, 5) is 24.7. The van der Waals surface area contributed by atoms with Gasteiger partial charge >= 0.3 is 0 Å². The van der Waals surface area contributed by atoms with Gasteiger partial charge in [-0.3, -0.25) is 14.9 Å². The fraction of sp³-hybridized carbons (Fsp3) is 0.0455. The van der Waals surface area contributed by atoms with Gasteiger partial charge in [-0.1, -0.05) is 41.9 Å². The molecule has 3 aromatic rings. The lowest BCUT2D eigenvalue weighted by Crippen LogP contribution is -2.34. The third kappa shape index (κ3) is 5.34. The Kier molecular flexibility index (Phi) is 7.00. The first-order valence-corrected chi connectivity index (χ1v) is 9.68. The van der Waals surface area contributed by atoms with Crippen LogP contribution < -0.4 is 20.7 Å². The van der Waals surface area contributed by atoms with Gasteiger partial charge in [-0.25, -0.2) is 0 Å². The molecule has 0 radical (unpaired) electrons. The van der Waals surface area contributed by atoms with Crippen molar-refractivity contribution >= 4 is 52.1 Å². The molecule has 0 aliphatic heterocycles. The normalized spacial score (nSPS) is 10.1. The zero-order chi connectivity index (χ0) is 21.5. The van der Waals surface area contributed by atoms with Gasteiger partial charge in [0.2, 0.25) is 0 Å². The van der Waals surface area contributed by atoms with Crippen LogP contribution >= 0.6 is 23.8 Å². The van der Waals surface area contributed by atoms with E-state index >= 15 is 0 Å². The molecule has 8 heteroatoms. The van der Waals surface area contributed by atoms with Gasteiger partial charge in [0.25, 0.3) is 11.8 Å². The number of hydrogen-bond donors (Lipinski definition) is 3. The van der Waals surface area contributed by atoms with E-state index in [1.807, 2.05) is 6.07 Å². The van der Waals surface area contributed by atoms with Crippen LogP contribution in [0.5, 0.6) is 5.75 Å². The van der Waals surface area contributed by atoms with Gasteiger partial charge in [0.1, 0.15) is 5.75 Å². The second-order valence-electron chi connectivity index (χ2n) is 6.12. The third-order valence-corrected chi connectivity index (χ3v) is 4.62. The Labute approximate surface area is 184 Å². The lowest BCUT2D eigenvalue weighted by atomic mass is 10.2. The summed E-state index contributed by atoms with van der Waals surface area (Å²) in [5.74, 6) is -0.258. The van der Waals surface area contributed by atoms with Crippen molar-refractivity contribution in [1.29, 1.82) is 0 Å². The van der Waals surface area contributed by atoms with Crippen LogP contribution in [0.4, 0.5) is 11.4 Å². The maximum atomic E-state index is 12.5. The second-order valence-corrected chi connectivity index (χ2v) is 6.94. The van der Waals surface area contributed by atoms with E-state index in [1.54, 1.807) is 66.7 Å². The van der Waals surface area contributed by atoms with Crippen LogP contribution in [0.25, 0.3) is 0 Å². The van der Waals surface area contributed by atoms with Crippen molar-refractivity contribution in [3.05, 3.63) is 88.9 Å². The molecule has 3 aromatic carbocycles. The molecule has 0 heterocycles. The fourth-order valence-corrected chi connectivity index (χ4v) is 3.07. The molecule has 0 fully saturated rings. The van der Waals surface area contributed by atoms with Gasteiger partial charge in [-0.05, 0) is 48.6 Å². The number of hydrogen-bond acceptors (Lipinski definition) is 4. The summed E-state index contributed by atoms with van der Waals surface area (Å²) < 4.78 is 5.37. The highest BCUT2D eigenvalue weighted by molar-refractivity contribution is 7.80. The van der Waals surface area contributed by atoms with Crippen molar-refractivity contribution in [3.63, 3.8) is 0 Å². The van der Waals surface area contributed by atoms with Crippen molar-refractivity contribution in [1.82, 2.24) is 5.32 Å². The summed E-state index contributed by atoms with van der Waals surface area (Å²) in [6.07, 6.45) is 0. The number of rotatable bonds is 5. The summed E-state index contributed by atoms with van der Waals surface area (Å²) in [7, 11) is 1.49. The zero-order valence-electron chi connectivity index (χ0n) is 15.9. The highest BCUT2D eigenvalue weighted by Crippen LogP contribution is 2.29. The molecular formula is C22H18ClN3O3S. The molecule has 0 saturated heterocycles. The van der Waals surface area contributed by atoms with Crippen molar-refractivity contribution in [2.24, 2.45) is 0 Å². The van der Waals surface area contributed by atoms with Gasteiger partial charge in [0, 0.05) is 17.3 Å². The van der Waals surface area contributed by atoms with E-state index in [0.717, 1.165) is 0 Å². The largest absolute Gasteiger partial charge is 0.494 e. The number of carbonyl (C=O) groups is 2. The van der Waals surface area contributed by atoms with E-state index < -0.39 is 0 Å². The van der Waals surface area contributed by atoms with Crippen molar-refractivity contribution in [2.45, 2.75) is 0 Å². The number of amides is 2. The van der Waals surface area contributed by atoms with Crippen LogP contribution in [0.15, 0.2) is 72.8 Å². The first kappa shape index (κ1) is 21.3. The lowest BCUT2D eigenvalue weighted by Gasteiger charge is -2.14. The van der Waals surface area contributed by atoms with E-state index in [1.165, 1.54) is 7.11 Å². The van der Waals surface area contributed by atoms with Crippen LogP contribution in [0, 0.1) is 0 Å². The van der Waals surface area contributed by atoms with Crippen LogP contribution in [-0.4, -0.2) is 24.0 Å². The smallest absolute Gasteiger partial charge is 0.257 e. The fourth-order valence-electron chi connectivity index (χ4n) is 2.63. The summed E-state index contributed by atoms with van der Waals surface area (Å²) >= 11 is 11.3. The van der Waals surface area contributed by atoms with Gasteiger partial charge in [0.15, 0.2) is 5.11 Å². The Morgan fingerprint density at radius 2 is 1.60 bits per heavy atom. The van der Waals surface area contributed by atoms with Crippen LogP contribution in [0.2, 0.25) is 5.02 Å². The second kappa shape index (κ2) is 9.87. The molecule has 3 rings (SSSR count). The predicted molar refractivity (Wildman–Crippen MR) is 123 cm³/mol. The van der Waals surface area contributed by atoms with Gasteiger partial charge in [-0.15, -0.1) is 0 Å². The summed E-state index contributed by atoms with van der Waals surface area (Å²) in [5, 5.41) is 8.80. The van der Waals surface area contributed by atoms with Crippen molar-refractivity contribution < 1.29 is 14.3 Å². The number of ether oxygens (including phenoxy) is 1. The van der Waals surface area contributed by atoms with Gasteiger partial charge in [-0.2, -0.15) is 0 Å². The average molecular weight is 440 g/mol.